The lowest BCUT2D eigenvalue weighted by atomic mass is 10.0. The van der Waals surface area contributed by atoms with Crippen LogP contribution in [0.4, 0.5) is 0 Å². The Labute approximate surface area is 224 Å². The van der Waals surface area contributed by atoms with Gasteiger partial charge in [0.2, 0.25) is 0 Å². The molecule has 0 atom stereocenters. The van der Waals surface area contributed by atoms with E-state index in [1.54, 1.807) is 0 Å². The Bertz CT molecular complexity index is 366. The van der Waals surface area contributed by atoms with E-state index in [2.05, 4.69) is 34.9 Å². The molecule has 0 N–H and O–H groups in total. The summed E-state index contributed by atoms with van der Waals surface area (Å²) in [6, 6.07) is 0. The smallest absolute Gasteiger partial charge is 0.0782 e. The second-order valence-corrected chi connectivity index (χ2v) is 12.3. The average Bonchev–Trinajstić information content (AvgIpc) is 2.77. The molecule has 0 aromatic heterocycles. The van der Waals surface area contributed by atoms with Crippen molar-refractivity contribution >= 4 is 0 Å². The maximum absolute atomic E-state index is 2.46. The zero-order valence-electron chi connectivity index (χ0n) is 24.8. The minimum absolute atomic E-state index is 0. The van der Waals surface area contributed by atoms with Gasteiger partial charge in [-0.25, -0.2) is 0 Å². The maximum Gasteiger partial charge on any atom is 0.0782 e. The first-order valence-electron chi connectivity index (χ1n) is 15.8. The summed E-state index contributed by atoms with van der Waals surface area (Å²) >= 11 is 0. The van der Waals surface area contributed by atoms with Gasteiger partial charge in [0.05, 0.1) is 27.2 Å². The van der Waals surface area contributed by atoms with Crippen molar-refractivity contribution in [1.82, 2.24) is 0 Å². The molecule has 0 heterocycles. The molecule has 0 aliphatic carbocycles. The first kappa shape index (κ1) is 36.4. The summed E-state index contributed by atoms with van der Waals surface area (Å²) in [6.45, 7) is 9.77. The van der Waals surface area contributed by atoms with Crippen molar-refractivity contribution < 1.29 is 16.9 Å². The molecule has 0 unspecified atom stereocenters. The van der Waals surface area contributed by atoms with E-state index in [1.807, 2.05) is 0 Å². The fourth-order valence-electron chi connectivity index (χ4n) is 5.18. The second kappa shape index (κ2) is 27.8. The average molecular weight is 502 g/mol. The van der Waals surface area contributed by atoms with E-state index in [4.69, 9.17) is 0 Å². The molecule has 0 bridgehead atoms. The summed E-state index contributed by atoms with van der Waals surface area (Å²) in [4.78, 5) is 0. The van der Waals surface area contributed by atoms with Crippen molar-refractivity contribution in [1.29, 1.82) is 0 Å². The van der Waals surface area contributed by atoms with Crippen molar-refractivity contribution in [3.8, 4) is 0 Å². The van der Waals surface area contributed by atoms with Gasteiger partial charge in [-0.05, 0) is 31.6 Å². The van der Waals surface area contributed by atoms with Crippen molar-refractivity contribution in [3.63, 3.8) is 0 Å². The maximum atomic E-state index is 2.46. The number of hydrogen-bond donors (Lipinski definition) is 0. The van der Waals surface area contributed by atoms with Crippen LogP contribution in [0.3, 0.4) is 0 Å². The molecule has 208 valence electrons. The summed E-state index contributed by atoms with van der Waals surface area (Å²) in [5.41, 5.74) is 0. The van der Waals surface area contributed by atoms with E-state index < -0.39 is 0 Å². The predicted octanol–water partition coefficient (Wildman–Crippen LogP) is 8.11. The highest BCUT2D eigenvalue weighted by molar-refractivity contribution is 4.52. The fourth-order valence-corrected chi connectivity index (χ4v) is 5.18. The highest BCUT2D eigenvalue weighted by Crippen LogP contribution is 2.15. The molecule has 0 aromatic carbocycles. The quantitative estimate of drug-likeness (QED) is 0.0787. The molecule has 0 aliphatic rings. The molecular formula is C32H68ClN. The fraction of sp³-hybridized carbons (Fsp3) is 1.00. The Morgan fingerprint density at radius 1 is 0.412 bits per heavy atom. The molecular weight excluding hydrogens is 434 g/mol. The number of halogens is 1. The van der Waals surface area contributed by atoms with E-state index >= 15 is 0 Å². The standard InChI is InChI=1S/C32H68N.ClH/c1-6-7-8-9-10-11-18-21-24-27-30-33(4,5)31-28-25-22-19-16-14-12-13-15-17-20-23-26-29-32(2)3;/h32H,6-31H2,1-5H3;1H/q+1;/p-1. The van der Waals surface area contributed by atoms with Crippen LogP contribution in [0.5, 0.6) is 0 Å². The van der Waals surface area contributed by atoms with Gasteiger partial charge in [0, 0.05) is 0 Å². The first-order valence-corrected chi connectivity index (χ1v) is 15.8. The zero-order valence-corrected chi connectivity index (χ0v) is 25.5. The SMILES string of the molecule is CCCCCCCCCCCC[N+](C)(C)CCCCCCCCCCCCCCCC(C)C.[Cl-]. The van der Waals surface area contributed by atoms with Crippen LogP contribution in [0.2, 0.25) is 0 Å². The highest BCUT2D eigenvalue weighted by atomic mass is 35.5. The third-order valence-corrected chi connectivity index (χ3v) is 7.66. The molecule has 1 nitrogen and oxygen atoms in total. The summed E-state index contributed by atoms with van der Waals surface area (Å²) in [7, 11) is 4.91. The number of quaternary nitrogens is 1. The van der Waals surface area contributed by atoms with E-state index in [-0.39, 0.29) is 12.4 Å². The Morgan fingerprint density at radius 2 is 0.676 bits per heavy atom. The number of unbranched alkanes of at least 4 members (excludes halogenated alkanes) is 21. The number of hydrogen-bond acceptors (Lipinski definition) is 0. The Morgan fingerprint density at radius 3 is 0.971 bits per heavy atom. The predicted molar refractivity (Wildman–Crippen MR) is 153 cm³/mol. The van der Waals surface area contributed by atoms with Gasteiger partial charge in [0.25, 0.3) is 0 Å². The largest absolute Gasteiger partial charge is 1.00 e. The van der Waals surface area contributed by atoms with Gasteiger partial charge in [-0.3, -0.25) is 0 Å². The summed E-state index contributed by atoms with van der Waals surface area (Å²) < 4.78 is 1.24. The second-order valence-electron chi connectivity index (χ2n) is 12.3. The lowest BCUT2D eigenvalue weighted by Gasteiger charge is -2.30. The van der Waals surface area contributed by atoms with Crippen LogP contribution in [0.25, 0.3) is 0 Å². The first-order chi connectivity index (χ1) is 16.0. The summed E-state index contributed by atoms with van der Waals surface area (Å²) in [6.07, 6.45) is 35.0. The number of rotatable bonds is 27. The van der Waals surface area contributed by atoms with Crippen molar-refractivity contribution in [2.45, 2.75) is 175 Å². The monoisotopic (exact) mass is 502 g/mol. The molecule has 0 spiro atoms. The topological polar surface area (TPSA) is 0 Å². The Hall–Kier alpha value is 0.250. The van der Waals surface area contributed by atoms with Crippen LogP contribution in [0, 0.1) is 5.92 Å². The lowest BCUT2D eigenvalue weighted by Crippen LogP contribution is -3.00. The van der Waals surface area contributed by atoms with Crippen LogP contribution in [0.15, 0.2) is 0 Å². The van der Waals surface area contributed by atoms with Gasteiger partial charge >= 0.3 is 0 Å². The zero-order chi connectivity index (χ0) is 24.5. The van der Waals surface area contributed by atoms with Crippen molar-refractivity contribution in [2.24, 2.45) is 5.92 Å². The van der Waals surface area contributed by atoms with Crippen LogP contribution in [-0.2, 0) is 0 Å². The van der Waals surface area contributed by atoms with Crippen molar-refractivity contribution in [2.75, 3.05) is 27.2 Å². The van der Waals surface area contributed by atoms with Gasteiger partial charge in [0.15, 0.2) is 0 Å². The van der Waals surface area contributed by atoms with Gasteiger partial charge in [-0.2, -0.15) is 0 Å². The van der Waals surface area contributed by atoms with E-state index in [0.717, 1.165) is 5.92 Å². The molecule has 0 aliphatic heterocycles. The molecule has 0 fully saturated rings. The minimum Gasteiger partial charge on any atom is -1.00 e. The third-order valence-electron chi connectivity index (χ3n) is 7.66. The molecule has 34 heavy (non-hydrogen) atoms. The molecule has 0 radical (unpaired) electrons. The van der Waals surface area contributed by atoms with E-state index in [0.29, 0.717) is 0 Å². The summed E-state index contributed by atoms with van der Waals surface area (Å²) in [5, 5.41) is 0. The van der Waals surface area contributed by atoms with Gasteiger partial charge < -0.3 is 16.9 Å². The highest BCUT2D eigenvalue weighted by Gasteiger charge is 2.13. The Balaban J connectivity index is 0. The Kier molecular flexibility index (Phi) is 29.8. The van der Waals surface area contributed by atoms with Crippen LogP contribution in [0.1, 0.15) is 175 Å². The molecule has 0 rings (SSSR count). The molecule has 0 aromatic rings. The lowest BCUT2D eigenvalue weighted by molar-refractivity contribution is -0.890. The minimum atomic E-state index is 0. The number of nitrogens with zero attached hydrogens (tertiary/aromatic N) is 1. The summed E-state index contributed by atoms with van der Waals surface area (Å²) in [5.74, 6) is 0.893. The van der Waals surface area contributed by atoms with Crippen LogP contribution >= 0.6 is 0 Å². The van der Waals surface area contributed by atoms with Crippen LogP contribution < -0.4 is 12.4 Å². The van der Waals surface area contributed by atoms with Gasteiger partial charge in [0.1, 0.15) is 0 Å². The molecule has 2 heteroatoms. The normalized spacial score (nSPS) is 11.8. The van der Waals surface area contributed by atoms with Crippen LogP contribution in [-0.4, -0.2) is 31.7 Å². The third kappa shape index (κ3) is 30.3. The van der Waals surface area contributed by atoms with Gasteiger partial charge in [-0.1, -0.05) is 149 Å². The van der Waals surface area contributed by atoms with Gasteiger partial charge in [-0.15, -0.1) is 0 Å². The molecule has 0 amide bonds. The van der Waals surface area contributed by atoms with E-state index in [9.17, 15) is 0 Å². The molecule has 0 saturated heterocycles. The van der Waals surface area contributed by atoms with E-state index in [1.165, 1.54) is 172 Å². The van der Waals surface area contributed by atoms with Crippen molar-refractivity contribution in [3.05, 3.63) is 0 Å². The molecule has 0 saturated carbocycles.